The van der Waals surface area contributed by atoms with E-state index in [9.17, 15) is 0 Å². The fourth-order valence-electron chi connectivity index (χ4n) is 1.94. The van der Waals surface area contributed by atoms with Gasteiger partial charge in [0.05, 0.1) is 0 Å². The van der Waals surface area contributed by atoms with Crippen molar-refractivity contribution in [2.24, 2.45) is 5.92 Å². The Bertz CT molecular complexity index is 555. The van der Waals surface area contributed by atoms with E-state index in [0.717, 1.165) is 6.42 Å². The van der Waals surface area contributed by atoms with Crippen LogP contribution in [0.3, 0.4) is 0 Å². The molecule has 0 aromatic carbocycles. The van der Waals surface area contributed by atoms with Crippen LogP contribution in [0, 0.1) is 5.92 Å². The zero-order valence-corrected chi connectivity index (χ0v) is 12.8. The van der Waals surface area contributed by atoms with Gasteiger partial charge in [-0.25, -0.2) is 4.98 Å². The van der Waals surface area contributed by atoms with Crippen molar-refractivity contribution in [2.75, 3.05) is 11.9 Å². The molecule has 2 rings (SSSR count). The Hall–Kier alpha value is -1.76. The molecule has 0 bridgehead atoms. The molecule has 0 saturated carbocycles. The molecule has 8 heteroatoms. The Morgan fingerprint density at radius 2 is 2.00 bits per heavy atom. The number of anilines is 1. The quantitative estimate of drug-likeness (QED) is 0.840. The van der Waals surface area contributed by atoms with Crippen molar-refractivity contribution in [2.45, 2.75) is 33.2 Å². The average Bonchev–Trinajstić information content (AvgIpc) is 2.90. The highest BCUT2D eigenvalue weighted by Crippen LogP contribution is 2.17. The minimum Gasteiger partial charge on any atom is -0.341 e. The average molecular weight is 296 g/mol. The minimum absolute atomic E-state index is 0.143. The largest absolute Gasteiger partial charge is 0.341 e. The molecule has 20 heavy (non-hydrogen) atoms. The first kappa shape index (κ1) is 14.6. The van der Waals surface area contributed by atoms with Crippen LogP contribution < -0.4 is 4.90 Å². The van der Waals surface area contributed by atoms with Crippen LogP contribution in [0.25, 0.3) is 5.95 Å². The Labute approximate surface area is 123 Å². The van der Waals surface area contributed by atoms with E-state index in [2.05, 4.69) is 45.8 Å². The Morgan fingerprint density at radius 3 is 2.60 bits per heavy atom. The fourth-order valence-corrected chi connectivity index (χ4v) is 2.09. The Kier molecular flexibility index (Phi) is 4.49. The van der Waals surface area contributed by atoms with E-state index in [1.165, 1.54) is 17.3 Å². The highest BCUT2D eigenvalue weighted by Gasteiger charge is 2.16. The van der Waals surface area contributed by atoms with Gasteiger partial charge in [0.2, 0.25) is 11.2 Å². The molecule has 0 fully saturated rings. The second-order valence-electron chi connectivity index (χ2n) is 5.13. The summed E-state index contributed by atoms with van der Waals surface area (Å²) in [5, 5.41) is 4.14. The van der Waals surface area contributed by atoms with E-state index in [1.807, 2.05) is 11.9 Å². The van der Waals surface area contributed by atoms with Crippen molar-refractivity contribution in [3.05, 3.63) is 17.9 Å². The molecule has 2 aromatic rings. The van der Waals surface area contributed by atoms with E-state index >= 15 is 0 Å². The number of nitrogens with zero attached hydrogens (tertiary/aromatic N) is 7. The molecule has 0 N–H and O–H groups in total. The highest BCUT2D eigenvalue weighted by atomic mass is 35.5. The molecule has 2 heterocycles. The van der Waals surface area contributed by atoms with Crippen molar-refractivity contribution in [3.63, 3.8) is 0 Å². The molecule has 0 spiro atoms. The van der Waals surface area contributed by atoms with E-state index in [0.29, 0.717) is 23.9 Å². The van der Waals surface area contributed by atoms with Gasteiger partial charge in [0, 0.05) is 13.1 Å². The maximum atomic E-state index is 5.97. The summed E-state index contributed by atoms with van der Waals surface area (Å²) >= 11 is 5.97. The lowest BCUT2D eigenvalue weighted by Crippen LogP contribution is -2.32. The molecule has 7 nitrogen and oxygen atoms in total. The molecule has 1 unspecified atom stereocenters. The number of hydrogen-bond donors (Lipinski definition) is 0. The van der Waals surface area contributed by atoms with Crippen molar-refractivity contribution >= 4 is 17.5 Å². The monoisotopic (exact) mass is 295 g/mol. The SMILES string of the molecule is CC(C)CC(C)N(C)c1nc(Cl)nc(-n2cncn2)n1. The van der Waals surface area contributed by atoms with E-state index in [-0.39, 0.29) is 5.28 Å². The summed E-state index contributed by atoms with van der Waals surface area (Å²) < 4.78 is 1.46. The van der Waals surface area contributed by atoms with E-state index in [4.69, 9.17) is 11.6 Å². The highest BCUT2D eigenvalue weighted by molar-refractivity contribution is 6.28. The summed E-state index contributed by atoms with van der Waals surface area (Å²) in [4.78, 5) is 18.5. The van der Waals surface area contributed by atoms with Gasteiger partial charge in [-0.05, 0) is 30.9 Å². The van der Waals surface area contributed by atoms with Gasteiger partial charge < -0.3 is 4.90 Å². The van der Waals surface area contributed by atoms with Gasteiger partial charge in [0.1, 0.15) is 12.7 Å². The van der Waals surface area contributed by atoms with Crippen LogP contribution in [0.4, 0.5) is 5.95 Å². The summed E-state index contributed by atoms with van der Waals surface area (Å²) in [6.07, 6.45) is 3.98. The number of hydrogen-bond acceptors (Lipinski definition) is 6. The van der Waals surface area contributed by atoms with Gasteiger partial charge in [-0.2, -0.15) is 24.7 Å². The summed E-state index contributed by atoms with van der Waals surface area (Å²) in [7, 11) is 1.95. The zero-order valence-electron chi connectivity index (χ0n) is 12.0. The zero-order chi connectivity index (χ0) is 14.7. The molecule has 108 valence electrons. The fraction of sp³-hybridized carbons (Fsp3) is 0.583. The topological polar surface area (TPSA) is 72.6 Å². The third-order valence-corrected chi connectivity index (χ3v) is 3.17. The van der Waals surface area contributed by atoms with Crippen molar-refractivity contribution in [1.82, 2.24) is 29.7 Å². The maximum absolute atomic E-state index is 5.97. The van der Waals surface area contributed by atoms with Gasteiger partial charge >= 0.3 is 0 Å². The molecule has 0 radical (unpaired) electrons. The lowest BCUT2D eigenvalue weighted by molar-refractivity contribution is 0.499. The third-order valence-electron chi connectivity index (χ3n) is 3.00. The predicted octanol–water partition coefficient (Wildman–Crippen LogP) is 1.98. The summed E-state index contributed by atoms with van der Waals surface area (Å²) in [5.74, 6) is 1.49. The van der Waals surface area contributed by atoms with Crippen LogP contribution in [0.5, 0.6) is 0 Å². The molecule has 0 saturated heterocycles. The van der Waals surface area contributed by atoms with E-state index < -0.39 is 0 Å². The van der Waals surface area contributed by atoms with Crippen LogP contribution in [-0.4, -0.2) is 42.8 Å². The lowest BCUT2D eigenvalue weighted by Gasteiger charge is -2.26. The first-order chi connectivity index (χ1) is 9.47. The second kappa shape index (κ2) is 6.13. The molecule has 0 amide bonds. The first-order valence-corrected chi connectivity index (χ1v) is 6.84. The smallest absolute Gasteiger partial charge is 0.258 e. The normalized spacial score (nSPS) is 12.7. The molecular weight excluding hydrogens is 278 g/mol. The van der Waals surface area contributed by atoms with Crippen LogP contribution in [0.1, 0.15) is 27.2 Å². The summed E-state index contributed by atoms with van der Waals surface area (Å²) in [6.45, 7) is 6.50. The predicted molar refractivity (Wildman–Crippen MR) is 77.1 cm³/mol. The van der Waals surface area contributed by atoms with E-state index in [1.54, 1.807) is 0 Å². The number of halogens is 1. The molecule has 1 atom stereocenters. The van der Waals surface area contributed by atoms with Gasteiger partial charge in [0.15, 0.2) is 0 Å². The van der Waals surface area contributed by atoms with Crippen LogP contribution in [-0.2, 0) is 0 Å². The third kappa shape index (κ3) is 3.41. The maximum Gasteiger partial charge on any atom is 0.258 e. The minimum atomic E-state index is 0.143. The first-order valence-electron chi connectivity index (χ1n) is 6.46. The Balaban J connectivity index is 2.28. The summed E-state index contributed by atoms with van der Waals surface area (Å²) in [5.41, 5.74) is 0. The molecule has 0 aliphatic rings. The van der Waals surface area contributed by atoms with Gasteiger partial charge in [-0.1, -0.05) is 13.8 Å². The Morgan fingerprint density at radius 1 is 1.25 bits per heavy atom. The second-order valence-corrected chi connectivity index (χ2v) is 5.47. The number of aromatic nitrogens is 6. The molecule has 2 aromatic heterocycles. The van der Waals surface area contributed by atoms with Crippen LogP contribution in [0.2, 0.25) is 5.28 Å². The van der Waals surface area contributed by atoms with Gasteiger partial charge in [-0.15, -0.1) is 0 Å². The number of rotatable bonds is 5. The van der Waals surface area contributed by atoms with Crippen LogP contribution >= 0.6 is 11.6 Å². The molecule has 0 aliphatic heterocycles. The van der Waals surface area contributed by atoms with Gasteiger partial charge in [-0.3, -0.25) is 0 Å². The summed E-state index contributed by atoms with van der Waals surface area (Å²) in [6, 6.07) is 0.303. The lowest BCUT2D eigenvalue weighted by atomic mass is 10.0. The van der Waals surface area contributed by atoms with Crippen molar-refractivity contribution < 1.29 is 0 Å². The molecular formula is C12H18ClN7. The van der Waals surface area contributed by atoms with Crippen LogP contribution in [0.15, 0.2) is 12.7 Å². The van der Waals surface area contributed by atoms with Gasteiger partial charge in [0.25, 0.3) is 5.95 Å². The standard InChI is InChI=1S/C12H18ClN7/c1-8(2)5-9(3)19(4)11-16-10(13)17-12(18-11)20-7-14-6-15-20/h6-9H,5H2,1-4H3. The van der Waals surface area contributed by atoms with Crippen molar-refractivity contribution in [3.8, 4) is 5.95 Å². The van der Waals surface area contributed by atoms with Crippen molar-refractivity contribution in [1.29, 1.82) is 0 Å². The molecule has 0 aliphatic carbocycles.